The summed E-state index contributed by atoms with van der Waals surface area (Å²) in [7, 11) is 0. The molecule has 0 aliphatic heterocycles. The first-order valence-electron chi connectivity index (χ1n) is 5.00. The SMILES string of the molecule is CCC(=CC=N)OC1=CC=C(C)CC1. The van der Waals surface area contributed by atoms with Crippen LogP contribution in [-0.2, 0) is 4.74 Å². The molecule has 2 nitrogen and oxygen atoms in total. The maximum absolute atomic E-state index is 6.97. The number of nitrogens with one attached hydrogen (secondary N) is 1. The van der Waals surface area contributed by atoms with Crippen molar-refractivity contribution in [2.24, 2.45) is 0 Å². The summed E-state index contributed by atoms with van der Waals surface area (Å²) >= 11 is 0. The fourth-order valence-electron chi connectivity index (χ4n) is 1.29. The van der Waals surface area contributed by atoms with Gasteiger partial charge < -0.3 is 10.1 Å². The zero-order valence-corrected chi connectivity index (χ0v) is 8.84. The molecule has 1 aliphatic rings. The molecule has 0 amide bonds. The van der Waals surface area contributed by atoms with Gasteiger partial charge in [-0.3, -0.25) is 0 Å². The molecule has 1 N–H and O–H groups in total. The van der Waals surface area contributed by atoms with E-state index in [0.717, 1.165) is 30.8 Å². The van der Waals surface area contributed by atoms with E-state index >= 15 is 0 Å². The molecular formula is C12H17NO. The average molecular weight is 191 g/mol. The fraction of sp³-hybridized carbons (Fsp3) is 0.417. The molecule has 1 aliphatic carbocycles. The topological polar surface area (TPSA) is 33.1 Å². The van der Waals surface area contributed by atoms with Crippen LogP contribution in [0.5, 0.6) is 0 Å². The highest BCUT2D eigenvalue weighted by Crippen LogP contribution is 2.21. The molecule has 0 bridgehead atoms. The van der Waals surface area contributed by atoms with Gasteiger partial charge in [-0.05, 0) is 25.5 Å². The zero-order valence-electron chi connectivity index (χ0n) is 8.84. The summed E-state index contributed by atoms with van der Waals surface area (Å²) in [6.45, 7) is 4.15. The van der Waals surface area contributed by atoms with Crippen LogP contribution in [0.2, 0.25) is 0 Å². The number of hydrogen-bond acceptors (Lipinski definition) is 2. The minimum Gasteiger partial charge on any atom is -0.466 e. The molecule has 0 heterocycles. The van der Waals surface area contributed by atoms with Crippen molar-refractivity contribution in [1.29, 1.82) is 5.41 Å². The Morgan fingerprint density at radius 2 is 2.29 bits per heavy atom. The summed E-state index contributed by atoms with van der Waals surface area (Å²) in [4.78, 5) is 0. The first-order chi connectivity index (χ1) is 6.76. The lowest BCUT2D eigenvalue weighted by molar-refractivity contribution is 0.279. The number of ether oxygens (including phenoxy) is 1. The molecule has 0 unspecified atom stereocenters. The minimum absolute atomic E-state index is 0.829. The Labute approximate surface area is 85.5 Å². The highest BCUT2D eigenvalue weighted by atomic mass is 16.5. The van der Waals surface area contributed by atoms with Crippen LogP contribution >= 0.6 is 0 Å². The maximum Gasteiger partial charge on any atom is 0.105 e. The number of rotatable bonds is 4. The van der Waals surface area contributed by atoms with Gasteiger partial charge >= 0.3 is 0 Å². The van der Waals surface area contributed by atoms with Gasteiger partial charge in [-0.15, -0.1) is 0 Å². The zero-order chi connectivity index (χ0) is 10.4. The average Bonchev–Trinajstić information content (AvgIpc) is 2.20. The van der Waals surface area contributed by atoms with E-state index in [1.807, 2.05) is 13.0 Å². The molecule has 0 saturated heterocycles. The summed E-state index contributed by atoms with van der Waals surface area (Å²) < 4.78 is 5.66. The van der Waals surface area contributed by atoms with Crippen molar-refractivity contribution in [3.8, 4) is 0 Å². The van der Waals surface area contributed by atoms with Gasteiger partial charge in [0.25, 0.3) is 0 Å². The van der Waals surface area contributed by atoms with E-state index in [1.165, 1.54) is 11.8 Å². The van der Waals surface area contributed by atoms with E-state index < -0.39 is 0 Å². The molecule has 0 radical (unpaired) electrons. The fourth-order valence-corrected chi connectivity index (χ4v) is 1.29. The number of hydrogen-bond donors (Lipinski definition) is 1. The quantitative estimate of drug-likeness (QED) is 0.534. The Morgan fingerprint density at radius 3 is 2.79 bits per heavy atom. The van der Waals surface area contributed by atoms with Crippen LogP contribution in [-0.4, -0.2) is 6.21 Å². The van der Waals surface area contributed by atoms with E-state index in [1.54, 1.807) is 6.08 Å². The van der Waals surface area contributed by atoms with Gasteiger partial charge in [0.1, 0.15) is 11.5 Å². The van der Waals surface area contributed by atoms with Gasteiger partial charge in [-0.2, -0.15) is 0 Å². The van der Waals surface area contributed by atoms with E-state index in [2.05, 4.69) is 13.0 Å². The third-order valence-corrected chi connectivity index (χ3v) is 2.20. The summed E-state index contributed by atoms with van der Waals surface area (Å²) in [5.74, 6) is 1.87. The molecule has 0 saturated carbocycles. The molecule has 76 valence electrons. The van der Waals surface area contributed by atoms with E-state index in [4.69, 9.17) is 10.1 Å². The summed E-state index contributed by atoms with van der Waals surface area (Å²) in [5, 5.41) is 6.97. The smallest absolute Gasteiger partial charge is 0.105 e. The lowest BCUT2D eigenvalue weighted by Crippen LogP contribution is -1.97. The molecule has 0 aromatic rings. The van der Waals surface area contributed by atoms with Crippen LogP contribution in [0.4, 0.5) is 0 Å². The van der Waals surface area contributed by atoms with Crippen LogP contribution in [0.1, 0.15) is 33.1 Å². The minimum atomic E-state index is 0.829. The van der Waals surface area contributed by atoms with Crippen LogP contribution in [0.3, 0.4) is 0 Å². The van der Waals surface area contributed by atoms with Gasteiger partial charge in [0.15, 0.2) is 0 Å². The summed E-state index contributed by atoms with van der Waals surface area (Å²) in [5.41, 5.74) is 1.39. The molecule has 0 aromatic carbocycles. The van der Waals surface area contributed by atoms with Crippen LogP contribution in [0.25, 0.3) is 0 Å². The van der Waals surface area contributed by atoms with Crippen molar-refractivity contribution >= 4 is 6.21 Å². The molecule has 0 fully saturated rings. The third kappa shape index (κ3) is 3.21. The normalized spacial score (nSPS) is 17.1. The molecule has 14 heavy (non-hydrogen) atoms. The van der Waals surface area contributed by atoms with Gasteiger partial charge in [0, 0.05) is 19.1 Å². The van der Waals surface area contributed by atoms with Crippen molar-refractivity contribution in [3.05, 3.63) is 35.3 Å². The van der Waals surface area contributed by atoms with Crippen molar-refractivity contribution < 1.29 is 4.74 Å². The van der Waals surface area contributed by atoms with E-state index in [-0.39, 0.29) is 0 Å². The molecular weight excluding hydrogens is 174 g/mol. The predicted molar refractivity (Wildman–Crippen MR) is 59.3 cm³/mol. The molecule has 1 rings (SSSR count). The van der Waals surface area contributed by atoms with Gasteiger partial charge in [0.2, 0.25) is 0 Å². The van der Waals surface area contributed by atoms with Crippen LogP contribution < -0.4 is 0 Å². The van der Waals surface area contributed by atoms with E-state index in [9.17, 15) is 0 Å². The van der Waals surface area contributed by atoms with Crippen molar-refractivity contribution in [3.63, 3.8) is 0 Å². The molecule has 2 heteroatoms. The second-order valence-corrected chi connectivity index (χ2v) is 3.40. The Balaban J connectivity index is 2.60. The highest BCUT2D eigenvalue weighted by Gasteiger charge is 2.05. The van der Waals surface area contributed by atoms with Crippen LogP contribution in [0, 0.1) is 5.41 Å². The van der Waals surface area contributed by atoms with Crippen molar-refractivity contribution in [2.45, 2.75) is 33.1 Å². The monoisotopic (exact) mass is 191 g/mol. The Hall–Kier alpha value is -1.31. The van der Waals surface area contributed by atoms with Crippen molar-refractivity contribution in [2.75, 3.05) is 0 Å². The first kappa shape index (κ1) is 10.8. The maximum atomic E-state index is 6.97. The predicted octanol–water partition coefficient (Wildman–Crippen LogP) is 3.57. The lowest BCUT2D eigenvalue weighted by Gasteiger charge is -2.14. The largest absolute Gasteiger partial charge is 0.466 e. The van der Waals surface area contributed by atoms with Crippen LogP contribution in [0.15, 0.2) is 35.3 Å². The second-order valence-electron chi connectivity index (χ2n) is 3.40. The molecule has 0 aromatic heterocycles. The number of allylic oxidation sites excluding steroid dienone is 6. The Kier molecular flexibility index (Phi) is 4.17. The standard InChI is InChI=1S/C12H17NO/c1-3-11(8-9-13)14-12-6-4-10(2)5-7-12/h4,6,8-9,13H,3,5,7H2,1-2H3. The third-order valence-electron chi connectivity index (χ3n) is 2.20. The summed E-state index contributed by atoms with van der Waals surface area (Å²) in [6, 6.07) is 0. The molecule has 0 atom stereocenters. The van der Waals surface area contributed by atoms with Crippen molar-refractivity contribution in [1.82, 2.24) is 0 Å². The van der Waals surface area contributed by atoms with E-state index in [0.29, 0.717) is 0 Å². The van der Waals surface area contributed by atoms with Gasteiger partial charge in [-0.25, -0.2) is 0 Å². The Morgan fingerprint density at radius 1 is 1.50 bits per heavy atom. The van der Waals surface area contributed by atoms with Gasteiger partial charge in [-0.1, -0.05) is 18.6 Å². The summed E-state index contributed by atoms with van der Waals surface area (Å²) in [6.07, 6.45) is 9.96. The lowest BCUT2D eigenvalue weighted by atomic mass is 10.1. The highest BCUT2D eigenvalue weighted by molar-refractivity contribution is 5.68. The first-order valence-corrected chi connectivity index (χ1v) is 5.00. The second kappa shape index (κ2) is 5.43. The molecule has 0 spiro atoms. The van der Waals surface area contributed by atoms with Gasteiger partial charge in [0.05, 0.1) is 0 Å². The Bertz CT molecular complexity index is 297.